The van der Waals surface area contributed by atoms with E-state index in [0.717, 1.165) is 11.3 Å². The van der Waals surface area contributed by atoms with Crippen LogP contribution in [0.4, 0.5) is 11.4 Å². The average Bonchev–Trinajstić information content (AvgIpc) is 2.04. The molecule has 1 aromatic carbocycles. The van der Waals surface area contributed by atoms with Crippen LogP contribution in [-0.2, 0) is 0 Å². The maximum atomic E-state index is 5.55. The SMILES string of the molecule is C.C=Cc1cc(N)ccc1N=C. The predicted octanol–water partition coefficient (Wildman–Crippen LogP) is 2.88. The fourth-order valence-electron chi connectivity index (χ4n) is 0.880. The van der Waals surface area contributed by atoms with Crippen LogP contribution in [0.15, 0.2) is 29.8 Å². The molecule has 0 saturated heterocycles. The number of anilines is 1. The molecular formula is C10H14N2. The summed E-state index contributed by atoms with van der Waals surface area (Å²) in [4.78, 5) is 3.81. The average molecular weight is 162 g/mol. The van der Waals surface area contributed by atoms with E-state index in [1.807, 2.05) is 12.1 Å². The molecule has 64 valence electrons. The number of rotatable bonds is 2. The lowest BCUT2D eigenvalue weighted by Crippen LogP contribution is -1.84. The zero-order valence-corrected chi connectivity index (χ0v) is 6.25. The van der Waals surface area contributed by atoms with Crippen LogP contribution < -0.4 is 5.73 Å². The maximum absolute atomic E-state index is 5.55. The van der Waals surface area contributed by atoms with Crippen molar-refractivity contribution >= 4 is 24.2 Å². The fraction of sp³-hybridized carbons (Fsp3) is 0.100. The third kappa shape index (κ3) is 1.95. The first-order valence-corrected chi connectivity index (χ1v) is 3.26. The Hall–Kier alpha value is -1.57. The van der Waals surface area contributed by atoms with Gasteiger partial charge in [0.15, 0.2) is 0 Å². The molecule has 0 amide bonds. The quantitative estimate of drug-likeness (QED) is 0.527. The largest absolute Gasteiger partial charge is 0.399 e. The van der Waals surface area contributed by atoms with Crippen molar-refractivity contribution in [3.05, 3.63) is 30.3 Å². The molecule has 0 aromatic heterocycles. The third-order valence-corrected chi connectivity index (χ3v) is 1.44. The molecule has 0 atom stereocenters. The second-order valence-electron chi connectivity index (χ2n) is 2.18. The zero-order valence-electron chi connectivity index (χ0n) is 6.25. The number of hydrogen-bond acceptors (Lipinski definition) is 2. The summed E-state index contributed by atoms with van der Waals surface area (Å²) in [6.07, 6.45) is 1.71. The van der Waals surface area contributed by atoms with E-state index in [9.17, 15) is 0 Å². The Balaban J connectivity index is 0.00000121. The molecule has 1 aromatic rings. The normalized spacial score (nSPS) is 8.33. The van der Waals surface area contributed by atoms with E-state index in [2.05, 4.69) is 18.3 Å². The van der Waals surface area contributed by atoms with E-state index in [1.165, 1.54) is 0 Å². The van der Waals surface area contributed by atoms with Gasteiger partial charge in [0.2, 0.25) is 0 Å². The first kappa shape index (κ1) is 10.4. The molecule has 0 fully saturated rings. The van der Waals surface area contributed by atoms with E-state index in [0.29, 0.717) is 5.69 Å². The lowest BCUT2D eigenvalue weighted by Gasteiger charge is -1.99. The molecule has 0 aliphatic carbocycles. The summed E-state index contributed by atoms with van der Waals surface area (Å²) in [5, 5.41) is 0. The van der Waals surface area contributed by atoms with Gasteiger partial charge >= 0.3 is 0 Å². The van der Waals surface area contributed by atoms with Crippen LogP contribution in [0, 0.1) is 0 Å². The first-order valence-electron chi connectivity index (χ1n) is 3.26. The van der Waals surface area contributed by atoms with Crippen molar-refractivity contribution in [1.82, 2.24) is 0 Å². The summed E-state index contributed by atoms with van der Waals surface area (Å²) in [7, 11) is 0. The number of hydrogen-bond donors (Lipinski definition) is 1. The molecule has 0 bridgehead atoms. The Morgan fingerprint density at radius 1 is 1.42 bits per heavy atom. The van der Waals surface area contributed by atoms with Gasteiger partial charge in [-0.05, 0) is 24.9 Å². The Morgan fingerprint density at radius 2 is 2.08 bits per heavy atom. The van der Waals surface area contributed by atoms with Gasteiger partial charge in [-0.15, -0.1) is 0 Å². The highest BCUT2D eigenvalue weighted by atomic mass is 14.7. The molecule has 0 unspecified atom stereocenters. The molecular weight excluding hydrogens is 148 g/mol. The van der Waals surface area contributed by atoms with E-state index in [4.69, 9.17) is 5.73 Å². The summed E-state index contributed by atoms with van der Waals surface area (Å²) in [5.41, 5.74) is 7.99. The summed E-state index contributed by atoms with van der Waals surface area (Å²) in [6.45, 7) is 7.07. The Labute approximate surface area is 73.4 Å². The van der Waals surface area contributed by atoms with Gasteiger partial charge in [-0.2, -0.15) is 0 Å². The van der Waals surface area contributed by atoms with E-state index in [-0.39, 0.29) is 7.43 Å². The van der Waals surface area contributed by atoms with Crippen LogP contribution in [0.1, 0.15) is 13.0 Å². The van der Waals surface area contributed by atoms with Crippen LogP contribution in [0.2, 0.25) is 0 Å². The lowest BCUT2D eigenvalue weighted by molar-refractivity contribution is 1.52. The summed E-state index contributed by atoms with van der Waals surface area (Å²) in [6, 6.07) is 5.42. The molecule has 0 aliphatic rings. The van der Waals surface area contributed by atoms with Crippen molar-refractivity contribution in [2.45, 2.75) is 7.43 Å². The van der Waals surface area contributed by atoms with Crippen molar-refractivity contribution < 1.29 is 0 Å². The summed E-state index contributed by atoms with van der Waals surface area (Å²) >= 11 is 0. The number of benzene rings is 1. The minimum atomic E-state index is 0. The Morgan fingerprint density at radius 3 is 2.58 bits per heavy atom. The van der Waals surface area contributed by atoms with Crippen molar-refractivity contribution in [2.24, 2.45) is 4.99 Å². The van der Waals surface area contributed by atoms with E-state index >= 15 is 0 Å². The summed E-state index contributed by atoms with van der Waals surface area (Å²) < 4.78 is 0. The van der Waals surface area contributed by atoms with Gasteiger partial charge in [-0.25, -0.2) is 0 Å². The Kier molecular flexibility index (Phi) is 3.77. The molecule has 2 N–H and O–H groups in total. The van der Waals surface area contributed by atoms with E-state index < -0.39 is 0 Å². The lowest BCUT2D eigenvalue weighted by atomic mass is 10.1. The second-order valence-corrected chi connectivity index (χ2v) is 2.18. The highest BCUT2D eigenvalue weighted by Crippen LogP contribution is 2.21. The monoisotopic (exact) mass is 162 g/mol. The van der Waals surface area contributed by atoms with Crippen LogP contribution in [0.5, 0.6) is 0 Å². The number of aliphatic imine (C=N–C) groups is 1. The number of nitrogens with zero attached hydrogens (tertiary/aromatic N) is 1. The van der Waals surface area contributed by atoms with Gasteiger partial charge in [0.25, 0.3) is 0 Å². The third-order valence-electron chi connectivity index (χ3n) is 1.44. The van der Waals surface area contributed by atoms with Crippen molar-refractivity contribution in [1.29, 1.82) is 0 Å². The highest BCUT2D eigenvalue weighted by molar-refractivity contribution is 5.68. The maximum Gasteiger partial charge on any atom is 0.0696 e. The van der Waals surface area contributed by atoms with Gasteiger partial charge in [0.1, 0.15) is 0 Å². The van der Waals surface area contributed by atoms with Gasteiger partial charge < -0.3 is 5.73 Å². The van der Waals surface area contributed by atoms with Crippen molar-refractivity contribution in [3.63, 3.8) is 0 Å². The van der Waals surface area contributed by atoms with Gasteiger partial charge in [0.05, 0.1) is 5.69 Å². The Bertz CT molecular complexity index is 290. The molecule has 1 rings (SSSR count). The molecule has 0 saturated carbocycles. The standard InChI is InChI=1S/C9H10N2.CH4/c1-3-7-6-8(10)4-5-9(7)11-2;/h3-6H,1-2,10H2;1H4. The van der Waals surface area contributed by atoms with Gasteiger partial charge in [-0.3, -0.25) is 4.99 Å². The topological polar surface area (TPSA) is 38.4 Å². The first-order chi connectivity index (χ1) is 5.27. The molecule has 2 nitrogen and oxygen atoms in total. The minimum Gasteiger partial charge on any atom is -0.399 e. The van der Waals surface area contributed by atoms with Crippen LogP contribution >= 0.6 is 0 Å². The van der Waals surface area contributed by atoms with Crippen LogP contribution in [-0.4, -0.2) is 6.72 Å². The zero-order chi connectivity index (χ0) is 8.27. The van der Waals surface area contributed by atoms with Crippen molar-refractivity contribution in [2.75, 3.05) is 5.73 Å². The molecule has 12 heavy (non-hydrogen) atoms. The van der Waals surface area contributed by atoms with Crippen LogP contribution in [0.25, 0.3) is 6.08 Å². The number of nitrogen functional groups attached to an aromatic ring is 1. The summed E-state index contributed by atoms with van der Waals surface area (Å²) in [5.74, 6) is 0. The molecule has 2 heteroatoms. The molecule has 0 heterocycles. The molecule has 0 spiro atoms. The van der Waals surface area contributed by atoms with E-state index in [1.54, 1.807) is 12.1 Å². The minimum absolute atomic E-state index is 0. The highest BCUT2D eigenvalue weighted by Gasteiger charge is 1.95. The number of nitrogens with two attached hydrogens (primary N) is 1. The van der Waals surface area contributed by atoms with Crippen LogP contribution in [0.3, 0.4) is 0 Å². The van der Waals surface area contributed by atoms with Gasteiger partial charge in [0, 0.05) is 11.3 Å². The fourth-order valence-corrected chi connectivity index (χ4v) is 0.880. The molecule has 0 radical (unpaired) electrons. The predicted molar refractivity (Wildman–Crippen MR) is 56.9 cm³/mol. The smallest absolute Gasteiger partial charge is 0.0696 e. The van der Waals surface area contributed by atoms with Gasteiger partial charge in [-0.1, -0.05) is 20.1 Å². The van der Waals surface area contributed by atoms with Crippen molar-refractivity contribution in [3.8, 4) is 0 Å². The molecule has 0 aliphatic heterocycles. The second kappa shape index (κ2) is 4.34.